The highest BCUT2D eigenvalue weighted by Gasteiger charge is 2.37. The van der Waals surface area contributed by atoms with Gasteiger partial charge in [0.2, 0.25) is 5.91 Å². The smallest absolute Gasteiger partial charge is 0.326 e. The van der Waals surface area contributed by atoms with Crippen LogP contribution in [0.15, 0.2) is 30.3 Å². The van der Waals surface area contributed by atoms with Gasteiger partial charge in [0.15, 0.2) is 0 Å². The lowest BCUT2D eigenvalue weighted by molar-refractivity contribution is -0.146. The minimum Gasteiger partial charge on any atom is -0.480 e. The van der Waals surface area contributed by atoms with Crippen molar-refractivity contribution in [2.75, 3.05) is 6.54 Å². The highest BCUT2D eigenvalue weighted by molar-refractivity contribution is 5.94. The number of β-amino-alcohol motifs (C(OH)–C–C–N with tert-alkyl or cyclic N) is 1. The average Bonchev–Trinajstić information content (AvgIpc) is 2.78. The molecule has 2 rings (SSSR count). The number of rotatable bonds is 3. The van der Waals surface area contributed by atoms with Crippen molar-refractivity contribution in [1.82, 2.24) is 4.90 Å². The zero-order valence-corrected chi connectivity index (χ0v) is 10.6. The van der Waals surface area contributed by atoms with Gasteiger partial charge in [-0.25, -0.2) is 9.18 Å². The van der Waals surface area contributed by atoms with Crippen LogP contribution in [0.2, 0.25) is 0 Å². The molecule has 1 heterocycles. The van der Waals surface area contributed by atoms with E-state index < -0.39 is 29.8 Å². The van der Waals surface area contributed by atoms with Crippen molar-refractivity contribution in [1.29, 1.82) is 0 Å². The number of amides is 1. The van der Waals surface area contributed by atoms with E-state index in [-0.39, 0.29) is 13.0 Å². The van der Waals surface area contributed by atoms with E-state index in [4.69, 9.17) is 5.11 Å². The van der Waals surface area contributed by atoms with Crippen LogP contribution < -0.4 is 0 Å². The number of benzene rings is 1. The van der Waals surface area contributed by atoms with Gasteiger partial charge in [-0.15, -0.1) is 0 Å². The Morgan fingerprint density at radius 2 is 2.15 bits per heavy atom. The molecule has 1 aliphatic heterocycles. The normalized spacial score (nSPS) is 22.4. The molecule has 20 heavy (non-hydrogen) atoms. The van der Waals surface area contributed by atoms with E-state index in [1.807, 2.05) is 0 Å². The predicted molar refractivity (Wildman–Crippen MR) is 69.2 cm³/mol. The fraction of sp³-hybridized carbons (Fsp3) is 0.286. The number of hydrogen-bond acceptors (Lipinski definition) is 3. The first kappa shape index (κ1) is 14.2. The van der Waals surface area contributed by atoms with Gasteiger partial charge in [-0.2, -0.15) is 0 Å². The number of nitrogens with zero attached hydrogens (tertiary/aromatic N) is 1. The number of halogens is 1. The molecule has 5 nitrogen and oxygen atoms in total. The summed E-state index contributed by atoms with van der Waals surface area (Å²) in [5.41, 5.74) is 0.505. The van der Waals surface area contributed by atoms with Crippen molar-refractivity contribution >= 4 is 18.0 Å². The lowest BCUT2D eigenvalue weighted by Gasteiger charge is -2.19. The molecule has 0 aromatic heterocycles. The molecular weight excluding hydrogens is 265 g/mol. The highest BCUT2D eigenvalue weighted by Crippen LogP contribution is 2.19. The Hall–Kier alpha value is -2.21. The summed E-state index contributed by atoms with van der Waals surface area (Å²) in [6.45, 7) is -0.0106. The number of carbonyl (C=O) groups is 2. The van der Waals surface area contributed by atoms with Crippen molar-refractivity contribution in [3.8, 4) is 0 Å². The SMILES string of the molecule is O=C(O)[C@@H]1CC(O)CN1C(=O)/C=C/c1cccc(F)c1. The molecule has 2 atom stereocenters. The van der Waals surface area contributed by atoms with E-state index in [1.165, 1.54) is 30.4 Å². The molecule has 6 heteroatoms. The van der Waals surface area contributed by atoms with Crippen LogP contribution in [0.3, 0.4) is 0 Å². The predicted octanol–water partition coefficient (Wildman–Crippen LogP) is 0.885. The third kappa shape index (κ3) is 3.21. The molecule has 1 unspecified atom stereocenters. The van der Waals surface area contributed by atoms with Gasteiger partial charge in [0.1, 0.15) is 11.9 Å². The number of aliphatic hydroxyl groups excluding tert-OH is 1. The summed E-state index contributed by atoms with van der Waals surface area (Å²) in [5, 5.41) is 18.5. The molecular formula is C14H14FNO4. The number of likely N-dealkylation sites (tertiary alicyclic amines) is 1. The van der Waals surface area contributed by atoms with Crippen molar-refractivity contribution in [3.63, 3.8) is 0 Å². The van der Waals surface area contributed by atoms with Crippen LogP contribution in [0.5, 0.6) is 0 Å². The maximum Gasteiger partial charge on any atom is 0.326 e. The Bertz CT molecular complexity index is 558. The Morgan fingerprint density at radius 3 is 2.80 bits per heavy atom. The van der Waals surface area contributed by atoms with Crippen LogP contribution in [0.4, 0.5) is 4.39 Å². The Balaban J connectivity index is 2.09. The molecule has 1 fully saturated rings. The van der Waals surface area contributed by atoms with Gasteiger partial charge in [-0.3, -0.25) is 4.79 Å². The van der Waals surface area contributed by atoms with Crippen molar-refractivity contribution in [2.24, 2.45) is 0 Å². The first-order chi connectivity index (χ1) is 9.47. The van der Waals surface area contributed by atoms with Crippen molar-refractivity contribution in [2.45, 2.75) is 18.6 Å². The lowest BCUT2D eigenvalue weighted by Crippen LogP contribution is -2.39. The summed E-state index contributed by atoms with van der Waals surface area (Å²) in [6.07, 6.45) is 1.79. The molecule has 0 bridgehead atoms. The number of carboxylic acids is 1. The average molecular weight is 279 g/mol. The number of aliphatic carboxylic acids is 1. The first-order valence-corrected chi connectivity index (χ1v) is 6.12. The number of hydrogen-bond donors (Lipinski definition) is 2. The first-order valence-electron chi connectivity index (χ1n) is 6.12. The van der Waals surface area contributed by atoms with Crippen LogP contribution in [0.25, 0.3) is 6.08 Å². The number of carboxylic acid groups (broad SMARTS) is 1. The van der Waals surface area contributed by atoms with E-state index >= 15 is 0 Å². The minimum atomic E-state index is -1.14. The lowest BCUT2D eigenvalue weighted by atomic mass is 10.2. The van der Waals surface area contributed by atoms with Gasteiger partial charge >= 0.3 is 5.97 Å². The summed E-state index contributed by atoms with van der Waals surface area (Å²) in [4.78, 5) is 24.0. The number of aliphatic hydroxyl groups is 1. The van der Waals surface area contributed by atoms with Gasteiger partial charge in [-0.1, -0.05) is 12.1 Å². The van der Waals surface area contributed by atoms with E-state index in [9.17, 15) is 19.1 Å². The van der Waals surface area contributed by atoms with Crippen LogP contribution in [-0.2, 0) is 9.59 Å². The van der Waals surface area contributed by atoms with Gasteiger partial charge in [0.25, 0.3) is 0 Å². The molecule has 0 saturated carbocycles. The van der Waals surface area contributed by atoms with Gasteiger partial charge < -0.3 is 15.1 Å². The largest absolute Gasteiger partial charge is 0.480 e. The molecule has 0 aliphatic carbocycles. The fourth-order valence-electron chi connectivity index (χ4n) is 2.16. The second kappa shape index (κ2) is 5.83. The number of carbonyl (C=O) groups excluding carboxylic acids is 1. The summed E-state index contributed by atoms with van der Waals surface area (Å²) in [6, 6.07) is 4.67. The molecule has 1 amide bonds. The van der Waals surface area contributed by atoms with Gasteiger partial charge in [0, 0.05) is 19.0 Å². The highest BCUT2D eigenvalue weighted by atomic mass is 19.1. The van der Waals surface area contributed by atoms with Crippen molar-refractivity contribution in [3.05, 3.63) is 41.7 Å². The Labute approximate surface area is 114 Å². The minimum absolute atomic E-state index is 0.0106. The van der Waals surface area contributed by atoms with E-state index in [0.29, 0.717) is 5.56 Å². The molecule has 1 aromatic rings. The standard InChI is InChI=1S/C14H14FNO4/c15-10-3-1-2-9(6-10)4-5-13(18)16-8-11(17)7-12(16)14(19)20/h1-6,11-12,17H,7-8H2,(H,19,20)/b5-4+/t11?,12-/m0/s1. The Kier molecular flexibility index (Phi) is 4.14. The zero-order valence-electron chi connectivity index (χ0n) is 10.6. The van der Waals surface area contributed by atoms with E-state index in [0.717, 1.165) is 4.90 Å². The maximum atomic E-state index is 13.0. The van der Waals surface area contributed by atoms with E-state index in [1.54, 1.807) is 6.07 Å². The molecule has 2 N–H and O–H groups in total. The van der Waals surface area contributed by atoms with Gasteiger partial charge in [-0.05, 0) is 23.8 Å². The fourth-order valence-corrected chi connectivity index (χ4v) is 2.16. The molecule has 1 saturated heterocycles. The monoisotopic (exact) mass is 279 g/mol. The summed E-state index contributed by atoms with van der Waals surface area (Å²) in [5.74, 6) is -2.08. The molecule has 0 spiro atoms. The van der Waals surface area contributed by atoms with Crippen molar-refractivity contribution < 1.29 is 24.2 Å². The zero-order chi connectivity index (χ0) is 14.7. The third-order valence-electron chi connectivity index (χ3n) is 3.11. The summed E-state index contributed by atoms with van der Waals surface area (Å²) < 4.78 is 13.0. The molecule has 1 aromatic carbocycles. The topological polar surface area (TPSA) is 77.8 Å². The van der Waals surface area contributed by atoms with Crippen LogP contribution in [-0.4, -0.2) is 45.7 Å². The van der Waals surface area contributed by atoms with Gasteiger partial charge in [0.05, 0.1) is 6.10 Å². The Morgan fingerprint density at radius 1 is 1.40 bits per heavy atom. The van der Waals surface area contributed by atoms with E-state index in [2.05, 4.69) is 0 Å². The molecule has 106 valence electrons. The third-order valence-corrected chi connectivity index (χ3v) is 3.11. The second-order valence-electron chi connectivity index (χ2n) is 4.62. The molecule has 0 radical (unpaired) electrons. The van der Waals surface area contributed by atoms with Crippen LogP contribution in [0, 0.1) is 5.82 Å². The molecule has 1 aliphatic rings. The maximum absolute atomic E-state index is 13.0. The van der Waals surface area contributed by atoms with Crippen LogP contribution >= 0.6 is 0 Å². The summed E-state index contributed by atoms with van der Waals surface area (Å²) >= 11 is 0. The summed E-state index contributed by atoms with van der Waals surface area (Å²) in [7, 11) is 0. The second-order valence-corrected chi connectivity index (χ2v) is 4.62. The van der Waals surface area contributed by atoms with Crippen LogP contribution in [0.1, 0.15) is 12.0 Å². The quantitative estimate of drug-likeness (QED) is 0.805.